The topological polar surface area (TPSA) is 29.1 Å². The predicted molar refractivity (Wildman–Crippen MR) is 77.9 cm³/mol. The third-order valence-corrected chi connectivity index (χ3v) is 3.12. The van der Waals surface area contributed by atoms with Gasteiger partial charge in [0.1, 0.15) is 0 Å². The Bertz CT molecular complexity index is 548. The molecule has 19 heavy (non-hydrogen) atoms. The number of aryl methyl sites for hydroxylation is 1. The third-order valence-electron chi connectivity index (χ3n) is 3.12. The van der Waals surface area contributed by atoms with E-state index in [0.29, 0.717) is 6.42 Å². The van der Waals surface area contributed by atoms with Gasteiger partial charge in [0.15, 0.2) is 0 Å². The van der Waals surface area contributed by atoms with Crippen LogP contribution in [0.15, 0.2) is 54.6 Å². The van der Waals surface area contributed by atoms with Crippen LogP contribution in [0, 0.1) is 6.92 Å². The van der Waals surface area contributed by atoms with Gasteiger partial charge in [-0.15, -0.1) is 0 Å². The number of nitrogens with one attached hydrogen (secondary N) is 1. The zero-order chi connectivity index (χ0) is 13.7. The zero-order valence-electron chi connectivity index (χ0n) is 11.4. The lowest BCUT2D eigenvalue weighted by Crippen LogP contribution is -2.28. The molecule has 0 radical (unpaired) electrons. The highest BCUT2D eigenvalue weighted by Crippen LogP contribution is 2.12. The minimum atomic E-state index is 0.0403. The van der Waals surface area contributed by atoms with Crippen molar-refractivity contribution in [3.8, 4) is 0 Å². The summed E-state index contributed by atoms with van der Waals surface area (Å²) in [6.45, 7) is 4.04. The van der Waals surface area contributed by atoms with Gasteiger partial charge < -0.3 is 5.32 Å². The summed E-state index contributed by atoms with van der Waals surface area (Å²) in [5, 5.41) is 3.03. The van der Waals surface area contributed by atoms with Crippen LogP contribution in [0.2, 0.25) is 0 Å². The van der Waals surface area contributed by atoms with E-state index in [-0.39, 0.29) is 11.9 Å². The van der Waals surface area contributed by atoms with Crippen molar-refractivity contribution in [2.24, 2.45) is 0 Å². The average molecular weight is 253 g/mol. The predicted octanol–water partition coefficient (Wildman–Crippen LogP) is 3.41. The number of hydrogen-bond donors (Lipinski definition) is 1. The maximum atomic E-state index is 12.0. The van der Waals surface area contributed by atoms with Crippen LogP contribution in [0.4, 0.5) is 0 Å². The Kier molecular flexibility index (Phi) is 4.35. The van der Waals surface area contributed by atoms with E-state index in [0.717, 1.165) is 11.1 Å². The van der Waals surface area contributed by atoms with Crippen LogP contribution in [0.3, 0.4) is 0 Å². The van der Waals surface area contributed by atoms with E-state index in [1.165, 1.54) is 5.56 Å². The molecule has 1 N–H and O–H groups in total. The lowest BCUT2D eigenvalue weighted by Gasteiger charge is -2.14. The number of amides is 1. The minimum Gasteiger partial charge on any atom is -0.349 e. The van der Waals surface area contributed by atoms with Crippen molar-refractivity contribution < 1.29 is 4.79 Å². The van der Waals surface area contributed by atoms with Crippen LogP contribution in [0.1, 0.15) is 29.7 Å². The molecule has 2 rings (SSSR count). The molecule has 0 aromatic heterocycles. The molecule has 0 aliphatic carbocycles. The van der Waals surface area contributed by atoms with Crippen molar-refractivity contribution in [1.82, 2.24) is 5.32 Å². The monoisotopic (exact) mass is 253 g/mol. The molecule has 98 valence electrons. The number of benzene rings is 2. The van der Waals surface area contributed by atoms with Gasteiger partial charge in [0.05, 0.1) is 12.5 Å². The first-order chi connectivity index (χ1) is 9.15. The number of carbonyl (C=O) groups excluding carboxylic acids is 1. The van der Waals surface area contributed by atoms with Crippen LogP contribution < -0.4 is 5.32 Å². The molecule has 2 aromatic rings. The van der Waals surface area contributed by atoms with Crippen molar-refractivity contribution in [2.75, 3.05) is 0 Å². The molecule has 2 nitrogen and oxygen atoms in total. The summed E-state index contributed by atoms with van der Waals surface area (Å²) >= 11 is 0. The lowest BCUT2D eigenvalue weighted by molar-refractivity contribution is -0.121. The van der Waals surface area contributed by atoms with E-state index in [4.69, 9.17) is 0 Å². The van der Waals surface area contributed by atoms with Crippen molar-refractivity contribution in [3.63, 3.8) is 0 Å². The molecule has 0 fully saturated rings. The summed E-state index contributed by atoms with van der Waals surface area (Å²) in [5.74, 6) is 0.0574. The minimum absolute atomic E-state index is 0.0403. The second-order valence-corrected chi connectivity index (χ2v) is 4.87. The van der Waals surface area contributed by atoms with E-state index in [9.17, 15) is 4.79 Å². The molecule has 1 atom stereocenters. The number of rotatable bonds is 4. The molecular weight excluding hydrogens is 234 g/mol. The van der Waals surface area contributed by atoms with Crippen LogP contribution >= 0.6 is 0 Å². The van der Waals surface area contributed by atoms with E-state index in [2.05, 4.69) is 5.32 Å². The van der Waals surface area contributed by atoms with Gasteiger partial charge in [-0.1, -0.05) is 60.2 Å². The number of hydrogen-bond acceptors (Lipinski definition) is 1. The van der Waals surface area contributed by atoms with Gasteiger partial charge in [0.25, 0.3) is 0 Å². The van der Waals surface area contributed by atoms with Crippen molar-refractivity contribution >= 4 is 5.91 Å². The first kappa shape index (κ1) is 13.3. The molecule has 1 amide bonds. The highest BCUT2D eigenvalue weighted by molar-refractivity contribution is 5.79. The molecule has 0 saturated carbocycles. The lowest BCUT2D eigenvalue weighted by atomic mass is 10.1. The maximum absolute atomic E-state index is 12.0. The maximum Gasteiger partial charge on any atom is 0.224 e. The van der Waals surface area contributed by atoms with Gasteiger partial charge in [0.2, 0.25) is 5.91 Å². The summed E-state index contributed by atoms with van der Waals surface area (Å²) in [6.07, 6.45) is 0.429. The quantitative estimate of drug-likeness (QED) is 0.888. The van der Waals surface area contributed by atoms with Gasteiger partial charge in [-0.2, -0.15) is 0 Å². The molecule has 0 unspecified atom stereocenters. The van der Waals surface area contributed by atoms with E-state index < -0.39 is 0 Å². The molecule has 0 aliphatic rings. The van der Waals surface area contributed by atoms with E-state index in [1.54, 1.807) is 0 Å². The van der Waals surface area contributed by atoms with E-state index >= 15 is 0 Å². The largest absolute Gasteiger partial charge is 0.349 e. The molecule has 0 spiro atoms. The molecule has 2 heteroatoms. The van der Waals surface area contributed by atoms with Gasteiger partial charge in [-0.25, -0.2) is 0 Å². The molecule has 0 aliphatic heterocycles. The first-order valence-corrected chi connectivity index (χ1v) is 6.55. The van der Waals surface area contributed by atoms with Crippen molar-refractivity contribution in [3.05, 3.63) is 71.3 Å². The third kappa shape index (κ3) is 3.95. The zero-order valence-corrected chi connectivity index (χ0v) is 11.4. The normalized spacial score (nSPS) is 11.9. The average Bonchev–Trinajstić information content (AvgIpc) is 2.39. The molecule has 0 saturated heterocycles. The number of carbonyl (C=O) groups is 1. The highest BCUT2D eigenvalue weighted by Gasteiger charge is 2.09. The fourth-order valence-corrected chi connectivity index (χ4v) is 2.13. The van der Waals surface area contributed by atoms with Crippen LogP contribution in [0.25, 0.3) is 0 Å². The van der Waals surface area contributed by atoms with Gasteiger partial charge in [-0.3, -0.25) is 4.79 Å². The summed E-state index contributed by atoms with van der Waals surface area (Å²) in [7, 11) is 0. The summed E-state index contributed by atoms with van der Waals surface area (Å²) in [6, 6.07) is 18.1. The smallest absolute Gasteiger partial charge is 0.224 e. The second-order valence-electron chi connectivity index (χ2n) is 4.87. The fourth-order valence-electron chi connectivity index (χ4n) is 2.13. The Balaban J connectivity index is 1.95. The Morgan fingerprint density at radius 3 is 2.53 bits per heavy atom. The first-order valence-electron chi connectivity index (χ1n) is 6.55. The summed E-state index contributed by atoms with van der Waals surface area (Å²) < 4.78 is 0. The molecule has 0 heterocycles. The Morgan fingerprint density at radius 1 is 1.11 bits per heavy atom. The summed E-state index contributed by atoms with van der Waals surface area (Å²) in [4.78, 5) is 12.0. The highest BCUT2D eigenvalue weighted by atomic mass is 16.1. The molecule has 0 bridgehead atoms. The van der Waals surface area contributed by atoms with Crippen LogP contribution in [-0.2, 0) is 11.2 Å². The van der Waals surface area contributed by atoms with Gasteiger partial charge >= 0.3 is 0 Å². The van der Waals surface area contributed by atoms with Gasteiger partial charge in [-0.05, 0) is 25.0 Å². The second kappa shape index (κ2) is 6.19. The standard InChI is InChI=1S/C17H19NO/c1-13-7-6-8-15(11-13)12-17(19)18-14(2)16-9-4-3-5-10-16/h3-11,14H,12H2,1-2H3,(H,18,19)/t14-/m1/s1. The molecular formula is C17H19NO. The Hall–Kier alpha value is -2.09. The van der Waals surface area contributed by atoms with Crippen molar-refractivity contribution in [2.45, 2.75) is 26.3 Å². The summed E-state index contributed by atoms with van der Waals surface area (Å²) in [5.41, 5.74) is 3.36. The van der Waals surface area contributed by atoms with E-state index in [1.807, 2.05) is 68.4 Å². The van der Waals surface area contributed by atoms with Crippen LogP contribution in [-0.4, -0.2) is 5.91 Å². The SMILES string of the molecule is Cc1cccc(CC(=O)N[C@H](C)c2ccccc2)c1. The molecule has 2 aromatic carbocycles. The Morgan fingerprint density at radius 2 is 1.84 bits per heavy atom. The van der Waals surface area contributed by atoms with Crippen molar-refractivity contribution in [1.29, 1.82) is 0 Å². The van der Waals surface area contributed by atoms with Crippen LogP contribution in [0.5, 0.6) is 0 Å². The van der Waals surface area contributed by atoms with Gasteiger partial charge in [0, 0.05) is 0 Å². The fraction of sp³-hybridized carbons (Fsp3) is 0.235. The Labute approximate surface area is 114 Å².